The zero-order valence-electron chi connectivity index (χ0n) is 13.0. The second-order valence-electron chi connectivity index (χ2n) is 5.59. The molecule has 130 valence electrons. The average Bonchev–Trinajstić information content (AvgIpc) is 2.54. The molecular formula is C17H21Cl2N3O2. The maximum Gasteiger partial charge on any atom is 0.250 e. The molecule has 7 heteroatoms. The molecule has 0 saturated carbocycles. The van der Waals surface area contributed by atoms with E-state index < -0.39 is 12.0 Å². The lowest BCUT2D eigenvalue weighted by Gasteiger charge is -2.30. The topological polar surface area (TPSA) is 88.2 Å². The van der Waals surface area contributed by atoms with Crippen molar-refractivity contribution in [2.75, 3.05) is 0 Å². The summed E-state index contributed by atoms with van der Waals surface area (Å²) < 4.78 is 0. The SMILES string of the molecule is Cl.Cl.NC(=O)c1cccnc1C[C@@H](O)[C@@H]1Cc2ccccc2CN1. The summed E-state index contributed by atoms with van der Waals surface area (Å²) in [7, 11) is 0. The number of benzene rings is 1. The van der Waals surface area contributed by atoms with Gasteiger partial charge in [0, 0.05) is 25.2 Å². The number of nitrogens with zero attached hydrogens (tertiary/aromatic N) is 1. The van der Waals surface area contributed by atoms with Crippen LogP contribution in [0.15, 0.2) is 42.6 Å². The summed E-state index contributed by atoms with van der Waals surface area (Å²) in [5, 5.41) is 13.9. The zero-order chi connectivity index (χ0) is 15.5. The van der Waals surface area contributed by atoms with Gasteiger partial charge >= 0.3 is 0 Å². The van der Waals surface area contributed by atoms with E-state index in [1.807, 2.05) is 12.1 Å². The maximum absolute atomic E-state index is 11.4. The molecule has 1 aliphatic heterocycles. The van der Waals surface area contributed by atoms with Crippen LogP contribution in [0.3, 0.4) is 0 Å². The molecule has 0 aliphatic carbocycles. The average molecular weight is 370 g/mol. The van der Waals surface area contributed by atoms with E-state index in [9.17, 15) is 9.90 Å². The van der Waals surface area contributed by atoms with E-state index in [1.165, 1.54) is 11.1 Å². The summed E-state index contributed by atoms with van der Waals surface area (Å²) in [5.74, 6) is -0.516. The van der Waals surface area contributed by atoms with Crippen LogP contribution in [0.5, 0.6) is 0 Å². The number of nitrogens with one attached hydrogen (secondary N) is 1. The Morgan fingerprint density at radius 1 is 1.25 bits per heavy atom. The highest BCUT2D eigenvalue weighted by Gasteiger charge is 2.25. The first kappa shape index (κ1) is 20.4. The van der Waals surface area contributed by atoms with E-state index in [0.29, 0.717) is 17.7 Å². The Kier molecular flexibility index (Phi) is 7.63. The van der Waals surface area contributed by atoms with E-state index in [0.717, 1.165) is 13.0 Å². The number of rotatable bonds is 4. The van der Waals surface area contributed by atoms with Crippen molar-refractivity contribution in [1.29, 1.82) is 0 Å². The number of pyridine rings is 1. The molecule has 0 radical (unpaired) electrons. The van der Waals surface area contributed by atoms with Crippen LogP contribution in [0.2, 0.25) is 0 Å². The van der Waals surface area contributed by atoms with Crippen molar-refractivity contribution in [3.63, 3.8) is 0 Å². The highest BCUT2D eigenvalue weighted by molar-refractivity contribution is 5.93. The molecule has 0 spiro atoms. The number of fused-ring (bicyclic) bond motifs is 1. The van der Waals surface area contributed by atoms with Gasteiger partial charge in [0.05, 0.1) is 17.4 Å². The Bertz CT molecular complexity index is 697. The van der Waals surface area contributed by atoms with Gasteiger partial charge in [0.25, 0.3) is 5.91 Å². The van der Waals surface area contributed by atoms with Crippen molar-refractivity contribution in [1.82, 2.24) is 10.3 Å². The van der Waals surface area contributed by atoms with E-state index in [-0.39, 0.29) is 30.9 Å². The maximum atomic E-state index is 11.4. The first-order valence-corrected chi connectivity index (χ1v) is 7.37. The molecule has 2 heterocycles. The molecule has 0 saturated heterocycles. The molecule has 2 aromatic rings. The summed E-state index contributed by atoms with van der Waals surface area (Å²) in [6.45, 7) is 0.739. The number of aliphatic hydroxyl groups is 1. The van der Waals surface area contributed by atoms with Crippen LogP contribution >= 0.6 is 24.8 Å². The molecule has 4 N–H and O–H groups in total. The second-order valence-corrected chi connectivity index (χ2v) is 5.59. The van der Waals surface area contributed by atoms with E-state index in [2.05, 4.69) is 22.4 Å². The van der Waals surface area contributed by atoms with Crippen molar-refractivity contribution in [2.24, 2.45) is 5.73 Å². The number of aliphatic hydroxyl groups excluding tert-OH is 1. The van der Waals surface area contributed by atoms with Gasteiger partial charge in [-0.1, -0.05) is 24.3 Å². The van der Waals surface area contributed by atoms with Gasteiger partial charge in [0.2, 0.25) is 0 Å². The third-order valence-corrected chi connectivity index (χ3v) is 4.14. The van der Waals surface area contributed by atoms with Crippen molar-refractivity contribution in [3.8, 4) is 0 Å². The van der Waals surface area contributed by atoms with Gasteiger partial charge in [-0.25, -0.2) is 0 Å². The lowest BCUT2D eigenvalue weighted by molar-refractivity contribution is 0.0994. The van der Waals surface area contributed by atoms with Crippen molar-refractivity contribution in [3.05, 3.63) is 65.0 Å². The van der Waals surface area contributed by atoms with Crippen LogP contribution in [-0.2, 0) is 19.4 Å². The third-order valence-electron chi connectivity index (χ3n) is 4.14. The minimum atomic E-state index is -0.624. The van der Waals surface area contributed by atoms with Crippen LogP contribution in [-0.4, -0.2) is 28.1 Å². The van der Waals surface area contributed by atoms with Crippen molar-refractivity contribution < 1.29 is 9.90 Å². The lowest BCUT2D eigenvalue weighted by Crippen LogP contribution is -2.45. The fourth-order valence-electron chi connectivity index (χ4n) is 2.92. The van der Waals surface area contributed by atoms with Crippen molar-refractivity contribution >= 4 is 30.7 Å². The van der Waals surface area contributed by atoms with E-state index in [1.54, 1.807) is 18.3 Å². The normalized spacial score (nSPS) is 17.0. The zero-order valence-corrected chi connectivity index (χ0v) is 14.6. The van der Waals surface area contributed by atoms with Gasteiger partial charge in [-0.2, -0.15) is 0 Å². The van der Waals surface area contributed by atoms with E-state index >= 15 is 0 Å². The number of amides is 1. The Hall–Kier alpha value is -1.66. The largest absolute Gasteiger partial charge is 0.391 e. The number of hydrogen-bond donors (Lipinski definition) is 3. The molecule has 5 nitrogen and oxygen atoms in total. The van der Waals surface area contributed by atoms with Crippen molar-refractivity contribution in [2.45, 2.75) is 31.5 Å². The number of aromatic nitrogens is 1. The molecular weight excluding hydrogens is 349 g/mol. The molecule has 2 atom stereocenters. The molecule has 0 fully saturated rings. The molecule has 1 amide bonds. The van der Waals surface area contributed by atoms with Gasteiger partial charge in [0.15, 0.2) is 0 Å². The summed E-state index contributed by atoms with van der Waals surface area (Å²) in [5.41, 5.74) is 8.79. The number of hydrogen-bond acceptors (Lipinski definition) is 4. The lowest BCUT2D eigenvalue weighted by atomic mass is 9.91. The first-order chi connectivity index (χ1) is 10.6. The number of carbonyl (C=O) groups excluding carboxylic acids is 1. The van der Waals surface area contributed by atoms with Gasteiger partial charge in [0.1, 0.15) is 0 Å². The van der Waals surface area contributed by atoms with E-state index in [4.69, 9.17) is 5.73 Å². The smallest absolute Gasteiger partial charge is 0.250 e. The molecule has 24 heavy (non-hydrogen) atoms. The predicted molar refractivity (Wildman–Crippen MR) is 97.7 cm³/mol. The van der Waals surface area contributed by atoms with Gasteiger partial charge in [-0.3, -0.25) is 9.78 Å². The summed E-state index contributed by atoms with van der Waals surface area (Å²) in [6, 6.07) is 11.5. The van der Waals surface area contributed by atoms with Crippen LogP contribution < -0.4 is 11.1 Å². The van der Waals surface area contributed by atoms with Gasteiger partial charge < -0.3 is 16.2 Å². The number of halogens is 2. The molecule has 0 bridgehead atoms. The molecule has 3 rings (SSSR count). The fraction of sp³-hybridized carbons (Fsp3) is 0.294. The Morgan fingerprint density at radius 2 is 1.96 bits per heavy atom. The Labute approximate surface area is 153 Å². The molecule has 1 aromatic carbocycles. The summed E-state index contributed by atoms with van der Waals surface area (Å²) in [4.78, 5) is 15.6. The van der Waals surface area contributed by atoms with Crippen LogP contribution in [0.25, 0.3) is 0 Å². The predicted octanol–water partition coefficient (Wildman–Crippen LogP) is 1.64. The minimum absolute atomic E-state index is 0. The van der Waals surface area contributed by atoms with Gasteiger partial charge in [-0.15, -0.1) is 24.8 Å². The third kappa shape index (κ3) is 4.45. The molecule has 0 unspecified atom stereocenters. The van der Waals surface area contributed by atoms with Gasteiger partial charge in [-0.05, 0) is 29.7 Å². The summed E-state index contributed by atoms with van der Waals surface area (Å²) >= 11 is 0. The van der Waals surface area contributed by atoms with Crippen LogP contribution in [0.4, 0.5) is 0 Å². The van der Waals surface area contributed by atoms with Crippen LogP contribution in [0, 0.1) is 0 Å². The number of carbonyl (C=O) groups is 1. The molecule has 1 aliphatic rings. The molecule has 1 aromatic heterocycles. The monoisotopic (exact) mass is 369 g/mol. The fourth-order valence-corrected chi connectivity index (χ4v) is 2.92. The summed E-state index contributed by atoms with van der Waals surface area (Å²) in [6.07, 6.45) is 2.05. The first-order valence-electron chi connectivity index (χ1n) is 7.37. The standard InChI is InChI=1S/C17H19N3O2.2ClH/c18-17(22)13-6-3-7-19-14(13)9-16(21)15-8-11-4-1-2-5-12(11)10-20-15;;/h1-7,15-16,20-21H,8-10H2,(H2,18,22);2*1H/t15-,16+;;/m0../s1. The number of primary amides is 1. The second kappa shape index (κ2) is 8.99. The quantitative estimate of drug-likeness (QED) is 0.764. The Balaban J connectivity index is 0.00000144. The highest BCUT2D eigenvalue weighted by atomic mass is 35.5. The minimum Gasteiger partial charge on any atom is -0.391 e. The highest BCUT2D eigenvalue weighted by Crippen LogP contribution is 2.19. The van der Waals surface area contributed by atoms with Crippen LogP contribution in [0.1, 0.15) is 27.2 Å². The Morgan fingerprint density at radius 3 is 2.67 bits per heavy atom. The number of nitrogens with two attached hydrogens (primary N) is 1.